The van der Waals surface area contributed by atoms with Crippen molar-refractivity contribution in [2.24, 2.45) is 5.92 Å². The van der Waals surface area contributed by atoms with Crippen molar-refractivity contribution in [1.82, 2.24) is 25.9 Å². The third-order valence-corrected chi connectivity index (χ3v) is 5.01. The molecule has 0 saturated carbocycles. The highest BCUT2D eigenvalue weighted by atomic mass is 16.2. The molecule has 1 aromatic carbocycles. The molecule has 0 unspecified atom stereocenters. The fourth-order valence-corrected chi connectivity index (χ4v) is 3.37. The van der Waals surface area contributed by atoms with Crippen LogP contribution in [0.4, 0.5) is 0 Å². The van der Waals surface area contributed by atoms with E-state index in [4.69, 9.17) is 0 Å². The van der Waals surface area contributed by atoms with Crippen LogP contribution in [0.5, 0.6) is 0 Å². The molecule has 2 aromatic heterocycles. The molecule has 0 fully saturated rings. The average Bonchev–Trinajstić information content (AvgIpc) is 2.85. The predicted molar refractivity (Wildman–Crippen MR) is 127 cm³/mol. The Balaban J connectivity index is 1.53. The summed E-state index contributed by atoms with van der Waals surface area (Å²) < 4.78 is 0. The van der Waals surface area contributed by atoms with Crippen LogP contribution in [0.2, 0.25) is 0 Å². The summed E-state index contributed by atoms with van der Waals surface area (Å²) in [6.45, 7) is 3.32. The number of carbonyl (C=O) groups is 4. The van der Waals surface area contributed by atoms with Crippen molar-refractivity contribution >= 4 is 34.4 Å². The second-order valence-corrected chi connectivity index (χ2v) is 8.19. The minimum Gasteiger partial charge on any atom is -0.347 e. The first kappa shape index (κ1) is 24.5. The molecule has 0 aliphatic heterocycles. The zero-order chi connectivity index (χ0) is 24.5. The molecule has 9 nitrogen and oxygen atoms in total. The highest BCUT2D eigenvalue weighted by Gasteiger charge is 2.23. The van der Waals surface area contributed by atoms with Crippen molar-refractivity contribution in [1.29, 1.82) is 0 Å². The smallest absolute Gasteiger partial charge is 0.270 e. The van der Waals surface area contributed by atoms with Gasteiger partial charge in [-0.15, -0.1) is 0 Å². The molecule has 1 atom stereocenters. The minimum atomic E-state index is -0.821. The van der Waals surface area contributed by atoms with Gasteiger partial charge in [0.2, 0.25) is 5.91 Å². The molecule has 9 heteroatoms. The molecule has 3 rings (SSSR count). The van der Waals surface area contributed by atoms with Crippen molar-refractivity contribution < 1.29 is 19.2 Å². The quantitative estimate of drug-likeness (QED) is 0.423. The van der Waals surface area contributed by atoms with Gasteiger partial charge in [-0.3, -0.25) is 29.1 Å². The minimum absolute atomic E-state index is 0.129. The maximum atomic E-state index is 12.7. The van der Waals surface area contributed by atoms with Crippen LogP contribution in [0.3, 0.4) is 0 Å². The Morgan fingerprint density at radius 3 is 2.29 bits per heavy atom. The lowest BCUT2D eigenvalue weighted by Gasteiger charge is -2.20. The second kappa shape index (κ2) is 11.6. The SMILES string of the molecule is CC(C)C[C@H](NC(=O)c1ccccn1)C(=O)NCC(=O)CNC(=O)c1cccc2cccnc12. The Labute approximate surface area is 197 Å². The maximum Gasteiger partial charge on any atom is 0.270 e. The zero-order valence-electron chi connectivity index (χ0n) is 19.1. The third kappa shape index (κ3) is 6.68. The first-order chi connectivity index (χ1) is 16.3. The van der Waals surface area contributed by atoms with Crippen LogP contribution in [0, 0.1) is 5.92 Å². The van der Waals surface area contributed by atoms with E-state index in [1.54, 1.807) is 42.6 Å². The molecule has 0 radical (unpaired) electrons. The first-order valence-electron chi connectivity index (χ1n) is 11.0. The zero-order valence-corrected chi connectivity index (χ0v) is 19.1. The topological polar surface area (TPSA) is 130 Å². The van der Waals surface area contributed by atoms with Crippen molar-refractivity contribution in [2.45, 2.75) is 26.3 Å². The van der Waals surface area contributed by atoms with Crippen molar-refractivity contribution in [2.75, 3.05) is 13.1 Å². The molecule has 3 N–H and O–H groups in total. The van der Waals surface area contributed by atoms with Gasteiger partial charge in [0, 0.05) is 17.8 Å². The molecule has 3 aromatic rings. The fraction of sp³-hybridized carbons (Fsp3) is 0.280. The molecule has 0 saturated heterocycles. The fourth-order valence-electron chi connectivity index (χ4n) is 3.37. The second-order valence-electron chi connectivity index (χ2n) is 8.19. The normalized spacial score (nSPS) is 11.6. The number of aromatic nitrogens is 2. The summed E-state index contributed by atoms with van der Waals surface area (Å²) >= 11 is 0. The summed E-state index contributed by atoms with van der Waals surface area (Å²) in [5.74, 6) is -1.62. The van der Waals surface area contributed by atoms with E-state index in [1.165, 1.54) is 6.20 Å². The summed E-state index contributed by atoms with van der Waals surface area (Å²) in [6.07, 6.45) is 3.48. The van der Waals surface area contributed by atoms with E-state index in [2.05, 4.69) is 25.9 Å². The van der Waals surface area contributed by atoms with Gasteiger partial charge < -0.3 is 16.0 Å². The van der Waals surface area contributed by atoms with Gasteiger partial charge in [-0.05, 0) is 36.6 Å². The van der Waals surface area contributed by atoms with Crippen LogP contribution in [0.1, 0.15) is 41.1 Å². The van der Waals surface area contributed by atoms with Crippen LogP contribution in [0.25, 0.3) is 10.9 Å². The standard InChI is InChI=1S/C25H27N5O4/c1-16(2)13-21(30-25(34)20-10-3-4-11-26-20)24(33)29-15-18(31)14-28-23(32)19-9-5-7-17-8-6-12-27-22(17)19/h3-12,16,21H,13-15H2,1-2H3,(H,28,32)(H,29,33)(H,30,34)/t21-/m0/s1. The number of amides is 3. The number of nitrogens with one attached hydrogen (secondary N) is 3. The van der Waals surface area contributed by atoms with E-state index >= 15 is 0 Å². The number of para-hydroxylation sites is 1. The molecule has 0 aliphatic rings. The van der Waals surface area contributed by atoms with E-state index in [0.29, 0.717) is 17.5 Å². The summed E-state index contributed by atoms with van der Waals surface area (Å²) in [4.78, 5) is 58.1. The maximum absolute atomic E-state index is 12.7. The van der Waals surface area contributed by atoms with Crippen LogP contribution >= 0.6 is 0 Å². The Bertz CT molecular complexity index is 1170. The van der Waals surface area contributed by atoms with Gasteiger partial charge >= 0.3 is 0 Å². The lowest BCUT2D eigenvalue weighted by Crippen LogP contribution is -2.49. The monoisotopic (exact) mass is 461 g/mol. The molecule has 34 heavy (non-hydrogen) atoms. The summed E-state index contributed by atoms with van der Waals surface area (Å²) in [6, 6.07) is 13.0. The molecular formula is C25H27N5O4. The van der Waals surface area contributed by atoms with E-state index in [0.717, 1.165) is 5.39 Å². The molecule has 2 heterocycles. The van der Waals surface area contributed by atoms with E-state index in [9.17, 15) is 19.2 Å². The van der Waals surface area contributed by atoms with Crippen LogP contribution in [-0.2, 0) is 9.59 Å². The number of hydrogen-bond acceptors (Lipinski definition) is 6. The van der Waals surface area contributed by atoms with Gasteiger partial charge in [0.25, 0.3) is 11.8 Å². The molecule has 0 bridgehead atoms. The van der Waals surface area contributed by atoms with Crippen molar-refractivity contribution in [3.8, 4) is 0 Å². The Kier molecular flexibility index (Phi) is 8.39. The number of rotatable bonds is 10. The number of pyridine rings is 2. The Hall–Kier alpha value is -4.14. The number of carbonyl (C=O) groups excluding carboxylic acids is 4. The predicted octanol–water partition coefficient (Wildman–Crippen LogP) is 1.89. The molecule has 0 spiro atoms. The lowest BCUT2D eigenvalue weighted by atomic mass is 10.0. The van der Waals surface area contributed by atoms with Crippen molar-refractivity contribution in [3.05, 3.63) is 72.2 Å². The number of Topliss-reactive ketones (excluding diaryl/α,β-unsaturated/α-hetero) is 1. The van der Waals surface area contributed by atoms with E-state index in [1.807, 2.05) is 26.0 Å². The van der Waals surface area contributed by atoms with E-state index < -0.39 is 23.8 Å². The molecule has 176 valence electrons. The number of benzene rings is 1. The number of fused-ring (bicyclic) bond motifs is 1. The highest BCUT2D eigenvalue weighted by molar-refractivity contribution is 6.06. The Morgan fingerprint density at radius 2 is 1.56 bits per heavy atom. The number of nitrogens with zero attached hydrogens (tertiary/aromatic N) is 2. The van der Waals surface area contributed by atoms with E-state index in [-0.39, 0.29) is 30.5 Å². The largest absolute Gasteiger partial charge is 0.347 e. The summed E-state index contributed by atoms with van der Waals surface area (Å²) in [7, 11) is 0. The van der Waals surface area contributed by atoms with Crippen LogP contribution < -0.4 is 16.0 Å². The molecule has 0 aliphatic carbocycles. The van der Waals surface area contributed by atoms with Gasteiger partial charge in [-0.1, -0.05) is 38.1 Å². The summed E-state index contributed by atoms with van der Waals surface area (Å²) in [5.41, 5.74) is 1.11. The highest BCUT2D eigenvalue weighted by Crippen LogP contribution is 2.15. The van der Waals surface area contributed by atoms with Crippen LogP contribution in [-0.4, -0.2) is 52.6 Å². The first-order valence-corrected chi connectivity index (χ1v) is 11.0. The van der Waals surface area contributed by atoms with Crippen molar-refractivity contribution in [3.63, 3.8) is 0 Å². The van der Waals surface area contributed by atoms with Gasteiger partial charge in [0.05, 0.1) is 24.2 Å². The third-order valence-electron chi connectivity index (χ3n) is 5.01. The Morgan fingerprint density at radius 1 is 0.824 bits per heavy atom. The van der Waals surface area contributed by atoms with Gasteiger partial charge in [-0.25, -0.2) is 0 Å². The summed E-state index contributed by atoms with van der Waals surface area (Å²) in [5, 5.41) is 8.62. The average molecular weight is 462 g/mol. The number of hydrogen-bond donors (Lipinski definition) is 3. The lowest BCUT2D eigenvalue weighted by molar-refractivity contribution is -0.126. The number of ketones is 1. The molecular weight excluding hydrogens is 434 g/mol. The van der Waals surface area contributed by atoms with Gasteiger partial charge in [-0.2, -0.15) is 0 Å². The van der Waals surface area contributed by atoms with Crippen LogP contribution in [0.15, 0.2) is 60.9 Å². The molecule has 3 amide bonds. The van der Waals surface area contributed by atoms with Gasteiger partial charge in [0.1, 0.15) is 11.7 Å². The van der Waals surface area contributed by atoms with Gasteiger partial charge in [0.15, 0.2) is 5.78 Å².